The van der Waals surface area contributed by atoms with Crippen LogP contribution in [0.4, 0.5) is 0 Å². The zero-order valence-electron chi connectivity index (χ0n) is 6.20. The predicted octanol–water partition coefficient (Wildman–Crippen LogP) is 3.15. The Hall–Kier alpha value is 0.170. The summed E-state index contributed by atoms with van der Waals surface area (Å²) in [6.07, 6.45) is 3.75. The zero-order chi connectivity index (χ0) is 6.83. The normalized spacial score (nSPS) is 6.88. The Morgan fingerprint density at radius 1 is 1.12 bits per heavy atom. The first-order valence-corrected chi connectivity index (χ1v) is 3.90. The summed E-state index contributed by atoms with van der Waals surface area (Å²) in [5.41, 5.74) is 0. The fourth-order valence-corrected chi connectivity index (χ4v) is 0. The van der Waals surface area contributed by atoms with Crippen molar-refractivity contribution in [1.29, 1.82) is 0 Å². The van der Waals surface area contributed by atoms with Gasteiger partial charge >= 0.3 is 0 Å². The van der Waals surface area contributed by atoms with Crippen molar-refractivity contribution in [2.24, 2.45) is 0 Å². The van der Waals surface area contributed by atoms with Crippen LogP contribution in [0.2, 0.25) is 0 Å². The Labute approximate surface area is 55.5 Å². The molecule has 0 aliphatic carbocycles. The molecule has 0 aliphatic rings. The third-order valence-corrected chi connectivity index (χ3v) is 1.11. The minimum absolute atomic E-state index is 1.11. The van der Waals surface area contributed by atoms with E-state index in [-0.39, 0.29) is 0 Å². The van der Waals surface area contributed by atoms with Crippen LogP contribution >= 0.6 is 8.86 Å². The molecule has 0 nitrogen and oxygen atoms in total. The molecule has 0 rings (SSSR count). The highest BCUT2D eigenvalue weighted by Gasteiger charge is 1.56. The molecule has 0 unspecified atom stereocenters. The molecule has 0 N–H and O–H groups in total. The largest absolute Gasteiger partial charge is 0.127 e. The predicted molar refractivity (Wildman–Crippen MR) is 45.3 cm³/mol. The van der Waals surface area contributed by atoms with Gasteiger partial charge < -0.3 is 0 Å². The Morgan fingerprint density at radius 3 is 1.38 bits per heavy atom. The first-order chi connectivity index (χ1) is 3.83. The monoisotopic (exact) mass is 132 g/mol. The molecule has 0 radical (unpaired) electrons. The lowest BCUT2D eigenvalue weighted by Gasteiger charge is -1.68. The van der Waals surface area contributed by atoms with Gasteiger partial charge in [-0.15, -0.1) is 8.86 Å². The molecule has 0 aromatic rings. The van der Waals surface area contributed by atoms with Gasteiger partial charge in [-0.3, -0.25) is 0 Å². The highest BCUT2D eigenvalue weighted by atomic mass is 31.0. The lowest BCUT2D eigenvalue weighted by atomic mass is 10.4. The van der Waals surface area contributed by atoms with E-state index in [1.807, 2.05) is 5.80 Å². The van der Waals surface area contributed by atoms with Gasteiger partial charge in [0.25, 0.3) is 0 Å². The van der Waals surface area contributed by atoms with Crippen LogP contribution in [0.1, 0.15) is 40.0 Å². The van der Waals surface area contributed by atoms with E-state index in [0.717, 1.165) is 6.42 Å². The van der Waals surface area contributed by atoms with Gasteiger partial charge in [-0.05, 0) is 6.42 Å². The van der Waals surface area contributed by atoms with Crippen molar-refractivity contribution >= 4 is 14.7 Å². The van der Waals surface area contributed by atoms with Gasteiger partial charge in [-0.25, -0.2) is 0 Å². The Balaban J connectivity index is 0. The minimum atomic E-state index is 1.11. The first kappa shape index (κ1) is 11.0. The van der Waals surface area contributed by atoms with Crippen LogP contribution in [0.15, 0.2) is 0 Å². The van der Waals surface area contributed by atoms with E-state index in [9.17, 15) is 0 Å². The topological polar surface area (TPSA) is 0 Å². The first-order valence-electron chi connectivity index (χ1n) is 3.32. The van der Waals surface area contributed by atoms with Crippen molar-refractivity contribution in [3.05, 3.63) is 0 Å². The van der Waals surface area contributed by atoms with E-state index in [2.05, 4.69) is 29.6 Å². The number of unbranched alkanes of at least 4 members (excludes halogenated alkanes) is 1. The van der Waals surface area contributed by atoms with Crippen LogP contribution in [0.5, 0.6) is 0 Å². The molecule has 0 aromatic carbocycles. The Morgan fingerprint density at radius 2 is 1.38 bits per heavy atom. The van der Waals surface area contributed by atoms with Gasteiger partial charge in [0.2, 0.25) is 0 Å². The summed E-state index contributed by atoms with van der Waals surface area (Å²) >= 11 is 0. The molecule has 50 valence electrons. The van der Waals surface area contributed by atoms with E-state index in [1.54, 1.807) is 0 Å². The van der Waals surface area contributed by atoms with Crippen LogP contribution in [-0.2, 0) is 0 Å². The van der Waals surface area contributed by atoms with E-state index in [0.29, 0.717) is 0 Å². The van der Waals surface area contributed by atoms with Gasteiger partial charge in [-0.1, -0.05) is 39.4 Å². The smallest absolute Gasteiger partial charge is 0.0338 e. The maximum absolute atomic E-state index is 3.16. The number of hydrogen-bond acceptors (Lipinski definition) is 0. The third-order valence-electron chi connectivity index (χ3n) is 0.704. The molecule has 0 saturated heterocycles. The van der Waals surface area contributed by atoms with Crippen LogP contribution in [0.25, 0.3) is 0 Å². The minimum Gasteiger partial charge on any atom is -0.127 e. The van der Waals surface area contributed by atoms with E-state index in [1.165, 1.54) is 12.8 Å². The van der Waals surface area contributed by atoms with E-state index < -0.39 is 0 Å². The summed E-state index contributed by atoms with van der Waals surface area (Å²) < 4.78 is 0. The maximum atomic E-state index is 3.16. The standard InChI is InChI=1S/C4H10.C3H7P/c1-3-4-2;1-2-3-4/h3-4H2,1-2H3;3-4H,2H2,1H3. The van der Waals surface area contributed by atoms with Crippen molar-refractivity contribution in [3.63, 3.8) is 0 Å². The summed E-state index contributed by atoms with van der Waals surface area (Å²) in [6, 6.07) is 0. The van der Waals surface area contributed by atoms with Gasteiger partial charge in [0, 0.05) is 0 Å². The molecule has 0 saturated carbocycles. The molecule has 0 bridgehead atoms. The van der Waals surface area contributed by atoms with Gasteiger partial charge in [-0.2, -0.15) is 0 Å². The van der Waals surface area contributed by atoms with Crippen molar-refractivity contribution < 1.29 is 0 Å². The SMILES string of the molecule is CCC=P.CCCC. The Kier molecular flexibility index (Phi) is 21.6. The van der Waals surface area contributed by atoms with E-state index in [4.69, 9.17) is 0 Å². The summed E-state index contributed by atoms with van der Waals surface area (Å²) in [4.78, 5) is 0. The van der Waals surface area contributed by atoms with Crippen LogP contribution in [0.3, 0.4) is 0 Å². The average Bonchev–Trinajstić information content (AvgIpc) is 1.88. The van der Waals surface area contributed by atoms with E-state index >= 15 is 0 Å². The quantitative estimate of drug-likeness (QED) is 0.506. The molecule has 8 heavy (non-hydrogen) atoms. The second kappa shape index (κ2) is 15.7. The lowest BCUT2D eigenvalue weighted by Crippen LogP contribution is -1.48. The zero-order valence-corrected chi connectivity index (χ0v) is 7.20. The molecule has 0 amide bonds. The van der Waals surface area contributed by atoms with Crippen LogP contribution in [0, 0.1) is 0 Å². The lowest BCUT2D eigenvalue weighted by molar-refractivity contribution is 0.886. The maximum Gasteiger partial charge on any atom is -0.0338 e. The van der Waals surface area contributed by atoms with Gasteiger partial charge in [0.15, 0.2) is 0 Å². The van der Waals surface area contributed by atoms with Crippen LogP contribution in [-0.4, -0.2) is 5.80 Å². The number of hydrogen-bond donors (Lipinski definition) is 0. The second-order valence-electron chi connectivity index (χ2n) is 1.61. The summed E-state index contributed by atoms with van der Waals surface area (Å²) in [5, 5.41) is 0. The molecular weight excluding hydrogens is 115 g/mol. The molecule has 1 heteroatoms. The molecule has 0 heterocycles. The molecule has 0 fully saturated rings. The van der Waals surface area contributed by atoms with Crippen molar-refractivity contribution in [2.45, 2.75) is 40.0 Å². The van der Waals surface area contributed by atoms with Gasteiger partial charge in [0.1, 0.15) is 0 Å². The van der Waals surface area contributed by atoms with Gasteiger partial charge in [0.05, 0.1) is 0 Å². The summed E-state index contributed by atoms with van der Waals surface area (Å²) in [6.45, 7) is 6.44. The Bertz CT molecular complexity index is 31.4. The van der Waals surface area contributed by atoms with Crippen molar-refractivity contribution in [1.82, 2.24) is 0 Å². The highest BCUT2D eigenvalue weighted by molar-refractivity contribution is 7.18. The highest BCUT2D eigenvalue weighted by Crippen LogP contribution is 1.76. The second-order valence-corrected chi connectivity index (χ2v) is 2.02. The van der Waals surface area contributed by atoms with Crippen LogP contribution < -0.4 is 0 Å². The molecule has 0 spiro atoms. The average molecular weight is 132 g/mol. The summed E-state index contributed by atoms with van der Waals surface area (Å²) in [5.74, 6) is 1.93. The molecule has 0 atom stereocenters. The molecular formula is C7H17P. The molecule has 0 aromatic heterocycles. The third kappa shape index (κ3) is 35.0. The number of rotatable bonds is 2. The van der Waals surface area contributed by atoms with Crippen molar-refractivity contribution in [2.75, 3.05) is 0 Å². The fraction of sp³-hybridized carbons (Fsp3) is 0.857. The van der Waals surface area contributed by atoms with Crippen molar-refractivity contribution in [3.8, 4) is 0 Å². The fourth-order valence-electron chi connectivity index (χ4n) is 0. The summed E-state index contributed by atoms with van der Waals surface area (Å²) in [7, 11) is 3.16. The molecule has 0 aliphatic heterocycles.